The molecule has 0 amide bonds. The summed E-state index contributed by atoms with van der Waals surface area (Å²) in [6.45, 7) is 0. The molecule has 3 heteroatoms. The third kappa shape index (κ3) is 1.39. The molecule has 1 atom stereocenters. The van der Waals surface area contributed by atoms with Crippen molar-refractivity contribution in [2.75, 3.05) is 0 Å². The lowest BCUT2D eigenvalue weighted by Gasteiger charge is -2.02. The van der Waals surface area contributed by atoms with E-state index in [-0.39, 0.29) is 5.92 Å². The van der Waals surface area contributed by atoms with Crippen LogP contribution in [0.5, 0.6) is 0 Å². The summed E-state index contributed by atoms with van der Waals surface area (Å²) in [7, 11) is 0. The summed E-state index contributed by atoms with van der Waals surface area (Å²) >= 11 is 5.60. The van der Waals surface area contributed by atoms with Crippen molar-refractivity contribution >= 4 is 17.9 Å². The lowest BCUT2D eigenvalue weighted by atomic mass is 10.0. The molecule has 1 unspecified atom stereocenters. The maximum Gasteiger partial charge on any atom is 0.193 e. The monoisotopic (exact) mass is 184 g/mol. The minimum atomic E-state index is -0.0718. The van der Waals surface area contributed by atoms with Gasteiger partial charge in [-0.1, -0.05) is 0 Å². The lowest BCUT2D eigenvalue weighted by molar-refractivity contribution is -0.109. The fourth-order valence-electron chi connectivity index (χ4n) is 1.37. The number of hydrogen-bond donors (Lipinski definition) is 0. The minimum Gasteiger partial charge on any atom is -0.449 e. The Hall–Kier alpha value is -0.760. The molecule has 2 rings (SSSR count). The van der Waals surface area contributed by atoms with Crippen LogP contribution in [0.3, 0.4) is 0 Å². The molecule has 0 aliphatic heterocycles. The first-order valence-electron chi connectivity index (χ1n) is 4.02. The van der Waals surface area contributed by atoms with Crippen LogP contribution in [0.4, 0.5) is 0 Å². The van der Waals surface area contributed by atoms with Crippen LogP contribution < -0.4 is 0 Å². The Morgan fingerprint density at radius 1 is 1.58 bits per heavy atom. The Bertz CT molecular complexity index is 288. The van der Waals surface area contributed by atoms with Crippen molar-refractivity contribution < 1.29 is 9.21 Å². The van der Waals surface area contributed by atoms with Gasteiger partial charge in [0.2, 0.25) is 0 Å². The van der Waals surface area contributed by atoms with E-state index in [2.05, 4.69) is 0 Å². The number of hydrogen-bond acceptors (Lipinski definition) is 2. The molecule has 0 radical (unpaired) electrons. The van der Waals surface area contributed by atoms with Gasteiger partial charge in [0, 0.05) is 0 Å². The van der Waals surface area contributed by atoms with E-state index in [0.29, 0.717) is 16.9 Å². The van der Waals surface area contributed by atoms with Gasteiger partial charge in [0.05, 0.1) is 5.92 Å². The summed E-state index contributed by atoms with van der Waals surface area (Å²) in [6, 6.07) is 3.45. The van der Waals surface area contributed by atoms with E-state index in [1.165, 1.54) is 0 Å². The molecule has 0 saturated heterocycles. The summed E-state index contributed by atoms with van der Waals surface area (Å²) in [6.07, 6.45) is 3.20. The van der Waals surface area contributed by atoms with E-state index in [0.717, 1.165) is 19.1 Å². The van der Waals surface area contributed by atoms with Gasteiger partial charge >= 0.3 is 0 Å². The van der Waals surface area contributed by atoms with Gasteiger partial charge in [-0.2, -0.15) is 0 Å². The first-order chi connectivity index (χ1) is 5.81. The predicted octanol–water partition coefficient (Wildman–Crippen LogP) is 2.63. The fourth-order valence-corrected chi connectivity index (χ4v) is 1.53. The zero-order valence-electron chi connectivity index (χ0n) is 6.50. The van der Waals surface area contributed by atoms with Gasteiger partial charge < -0.3 is 9.21 Å². The smallest absolute Gasteiger partial charge is 0.193 e. The highest BCUT2D eigenvalue weighted by molar-refractivity contribution is 6.28. The van der Waals surface area contributed by atoms with E-state index >= 15 is 0 Å². The lowest BCUT2D eigenvalue weighted by Crippen LogP contribution is -2.00. The standard InChI is InChI=1S/C9H9ClO2/c10-9-4-3-8(12-9)7(5-11)6-1-2-6/h3-7H,1-2H2. The van der Waals surface area contributed by atoms with Gasteiger partial charge in [0.1, 0.15) is 12.0 Å². The average Bonchev–Trinajstić information content (AvgIpc) is 2.78. The van der Waals surface area contributed by atoms with Crippen molar-refractivity contribution in [1.29, 1.82) is 0 Å². The third-order valence-electron chi connectivity index (χ3n) is 2.20. The molecule has 1 saturated carbocycles. The van der Waals surface area contributed by atoms with Gasteiger partial charge in [-0.3, -0.25) is 0 Å². The van der Waals surface area contributed by atoms with Crippen LogP contribution in [0.1, 0.15) is 24.5 Å². The highest BCUT2D eigenvalue weighted by atomic mass is 35.5. The number of halogens is 1. The van der Waals surface area contributed by atoms with E-state index in [1.807, 2.05) is 0 Å². The minimum absolute atomic E-state index is 0.0718. The first-order valence-corrected chi connectivity index (χ1v) is 4.39. The van der Waals surface area contributed by atoms with Crippen LogP contribution in [0, 0.1) is 5.92 Å². The molecule has 0 bridgehead atoms. The van der Waals surface area contributed by atoms with E-state index in [9.17, 15) is 4.79 Å². The molecular weight excluding hydrogens is 176 g/mol. The molecule has 12 heavy (non-hydrogen) atoms. The van der Waals surface area contributed by atoms with Crippen LogP contribution in [-0.2, 0) is 4.79 Å². The molecule has 1 aliphatic carbocycles. The van der Waals surface area contributed by atoms with Crippen molar-refractivity contribution in [3.63, 3.8) is 0 Å². The van der Waals surface area contributed by atoms with Crippen LogP contribution >= 0.6 is 11.6 Å². The molecule has 64 valence electrons. The Morgan fingerprint density at radius 3 is 2.75 bits per heavy atom. The zero-order chi connectivity index (χ0) is 8.55. The molecule has 1 aromatic heterocycles. The summed E-state index contributed by atoms with van der Waals surface area (Å²) in [5.41, 5.74) is 0. The summed E-state index contributed by atoms with van der Waals surface area (Å²) in [4.78, 5) is 10.7. The van der Waals surface area contributed by atoms with Gasteiger partial charge in [-0.05, 0) is 42.5 Å². The van der Waals surface area contributed by atoms with Crippen molar-refractivity contribution in [2.24, 2.45) is 5.92 Å². The second-order valence-electron chi connectivity index (χ2n) is 3.14. The second-order valence-corrected chi connectivity index (χ2v) is 3.51. The molecule has 0 N–H and O–H groups in total. The van der Waals surface area contributed by atoms with E-state index in [1.54, 1.807) is 12.1 Å². The second kappa shape index (κ2) is 2.94. The molecule has 0 spiro atoms. The maximum atomic E-state index is 10.7. The summed E-state index contributed by atoms with van der Waals surface area (Å²) in [5.74, 6) is 1.12. The molecule has 1 heterocycles. The van der Waals surface area contributed by atoms with Gasteiger partial charge in [-0.15, -0.1) is 0 Å². The SMILES string of the molecule is O=CC(c1ccc(Cl)o1)C1CC1. The molecule has 2 nitrogen and oxygen atoms in total. The van der Waals surface area contributed by atoms with Gasteiger partial charge in [0.15, 0.2) is 5.22 Å². The Kier molecular flexibility index (Phi) is 1.93. The quantitative estimate of drug-likeness (QED) is 0.676. The number of rotatable bonds is 3. The van der Waals surface area contributed by atoms with Crippen LogP contribution in [0.15, 0.2) is 16.5 Å². The van der Waals surface area contributed by atoms with Gasteiger partial charge in [-0.25, -0.2) is 0 Å². The van der Waals surface area contributed by atoms with Crippen LogP contribution in [-0.4, -0.2) is 6.29 Å². The topological polar surface area (TPSA) is 30.2 Å². The molecule has 1 aliphatic rings. The van der Waals surface area contributed by atoms with Crippen molar-refractivity contribution in [1.82, 2.24) is 0 Å². The Morgan fingerprint density at radius 2 is 2.33 bits per heavy atom. The van der Waals surface area contributed by atoms with Crippen molar-refractivity contribution in [2.45, 2.75) is 18.8 Å². The maximum absolute atomic E-state index is 10.7. The molecule has 0 aromatic carbocycles. The third-order valence-corrected chi connectivity index (χ3v) is 2.40. The van der Waals surface area contributed by atoms with E-state index < -0.39 is 0 Å². The number of furan rings is 1. The van der Waals surface area contributed by atoms with Crippen molar-refractivity contribution in [3.8, 4) is 0 Å². The summed E-state index contributed by atoms with van der Waals surface area (Å²) in [5, 5.41) is 0.359. The predicted molar refractivity (Wildman–Crippen MR) is 45.2 cm³/mol. The Balaban J connectivity index is 2.20. The number of carbonyl (C=O) groups excluding carboxylic acids is 1. The van der Waals surface area contributed by atoms with E-state index in [4.69, 9.17) is 16.0 Å². The van der Waals surface area contributed by atoms with Crippen LogP contribution in [0.2, 0.25) is 5.22 Å². The molecule has 1 fully saturated rings. The molecular formula is C9H9ClO2. The average molecular weight is 185 g/mol. The molecule has 1 aromatic rings. The highest BCUT2D eigenvalue weighted by Crippen LogP contribution is 2.42. The Labute approximate surface area is 75.5 Å². The summed E-state index contributed by atoms with van der Waals surface area (Å²) < 4.78 is 5.17. The zero-order valence-corrected chi connectivity index (χ0v) is 7.25. The van der Waals surface area contributed by atoms with Crippen LogP contribution in [0.25, 0.3) is 0 Å². The number of carbonyl (C=O) groups is 1. The first kappa shape index (κ1) is 7.87. The largest absolute Gasteiger partial charge is 0.449 e. The number of aldehydes is 1. The highest BCUT2D eigenvalue weighted by Gasteiger charge is 2.33. The van der Waals surface area contributed by atoms with Gasteiger partial charge in [0.25, 0.3) is 0 Å². The fraction of sp³-hybridized carbons (Fsp3) is 0.444. The van der Waals surface area contributed by atoms with Crippen molar-refractivity contribution in [3.05, 3.63) is 23.1 Å². The normalized spacial score (nSPS) is 19.1.